The molecule has 6 nitrogen and oxygen atoms in total. The fourth-order valence-corrected chi connectivity index (χ4v) is 4.16. The van der Waals surface area contributed by atoms with E-state index in [-0.39, 0.29) is 24.9 Å². The molecule has 0 aliphatic carbocycles. The number of hydrogen-bond acceptors (Lipinski definition) is 5. The number of rotatable bonds is 12. The molecule has 6 heteroatoms. The summed E-state index contributed by atoms with van der Waals surface area (Å²) in [6.45, 7) is 13.6. The predicted octanol–water partition coefficient (Wildman–Crippen LogP) is 4.11. The maximum absolute atomic E-state index is 10.2. The number of ether oxygens (including phenoxy) is 1. The number of phenolic OH excluding ortho intramolecular Hbond substituents is 1. The van der Waals surface area contributed by atoms with E-state index < -0.39 is 5.54 Å². The van der Waals surface area contributed by atoms with Gasteiger partial charge in [-0.25, -0.2) is 6.57 Å². The van der Waals surface area contributed by atoms with Gasteiger partial charge in [0.25, 0.3) is 5.54 Å². The van der Waals surface area contributed by atoms with Gasteiger partial charge in [0, 0.05) is 24.4 Å². The van der Waals surface area contributed by atoms with Crippen molar-refractivity contribution in [3.8, 4) is 11.5 Å². The van der Waals surface area contributed by atoms with Crippen molar-refractivity contribution in [3.63, 3.8) is 0 Å². The molecule has 0 bridgehead atoms. The van der Waals surface area contributed by atoms with Gasteiger partial charge in [-0.15, -0.1) is 0 Å². The van der Waals surface area contributed by atoms with E-state index in [1.165, 1.54) is 7.11 Å². The van der Waals surface area contributed by atoms with Crippen LogP contribution in [0.5, 0.6) is 11.5 Å². The molecule has 0 fully saturated rings. The Morgan fingerprint density at radius 2 is 1.78 bits per heavy atom. The molecular formula is C26H36N2O4. The standard InChI is InChI=1S/C26H36N2O4/c1-19(2)26(27-3,23-9-10-25(32-5)24(31)16-23)12-6-13-28(4)14-11-20-7-8-21(17-29)22(15-20)18-30/h7-10,15-16,19,29-31H,6,11-14,17-18H2,1-2,4-5H3. The highest BCUT2D eigenvalue weighted by Gasteiger charge is 2.42. The lowest BCUT2D eigenvalue weighted by atomic mass is 9.77. The zero-order valence-electron chi connectivity index (χ0n) is 19.6. The van der Waals surface area contributed by atoms with Crippen LogP contribution in [0.25, 0.3) is 4.85 Å². The maximum atomic E-state index is 10.2. The smallest absolute Gasteiger partial charge is 0.259 e. The van der Waals surface area contributed by atoms with Crippen LogP contribution in [-0.4, -0.2) is 47.5 Å². The van der Waals surface area contributed by atoms with Crippen LogP contribution in [-0.2, 0) is 25.2 Å². The van der Waals surface area contributed by atoms with Gasteiger partial charge in [-0.3, -0.25) is 0 Å². The minimum atomic E-state index is -0.694. The normalized spacial score (nSPS) is 13.2. The fraction of sp³-hybridized carbons (Fsp3) is 0.500. The van der Waals surface area contributed by atoms with E-state index in [0.717, 1.165) is 48.2 Å². The summed E-state index contributed by atoms with van der Waals surface area (Å²) in [5.74, 6) is 0.567. The van der Waals surface area contributed by atoms with Crippen LogP contribution in [0.1, 0.15) is 48.9 Å². The van der Waals surface area contributed by atoms with Gasteiger partial charge in [-0.05, 0) is 61.3 Å². The van der Waals surface area contributed by atoms with E-state index in [2.05, 4.69) is 30.6 Å². The summed E-state index contributed by atoms with van der Waals surface area (Å²) >= 11 is 0. The minimum absolute atomic E-state index is 0.0604. The fourth-order valence-electron chi connectivity index (χ4n) is 4.16. The molecule has 1 atom stereocenters. The number of aliphatic hydroxyl groups is 2. The average Bonchev–Trinajstić information content (AvgIpc) is 2.80. The van der Waals surface area contributed by atoms with E-state index in [1.54, 1.807) is 12.1 Å². The highest BCUT2D eigenvalue weighted by Crippen LogP contribution is 2.41. The van der Waals surface area contributed by atoms with E-state index in [4.69, 9.17) is 11.3 Å². The second-order valence-corrected chi connectivity index (χ2v) is 8.65. The van der Waals surface area contributed by atoms with Crippen molar-refractivity contribution in [1.82, 2.24) is 4.90 Å². The second-order valence-electron chi connectivity index (χ2n) is 8.65. The molecule has 0 spiro atoms. The topological polar surface area (TPSA) is 77.5 Å². The molecule has 2 rings (SSSR count). The van der Waals surface area contributed by atoms with Gasteiger partial charge in [-0.1, -0.05) is 32.0 Å². The van der Waals surface area contributed by atoms with Crippen LogP contribution in [0.15, 0.2) is 36.4 Å². The zero-order chi connectivity index (χ0) is 23.7. The van der Waals surface area contributed by atoms with Crippen molar-refractivity contribution in [2.24, 2.45) is 5.92 Å². The molecule has 0 saturated heterocycles. The summed E-state index contributed by atoms with van der Waals surface area (Å²) in [6, 6.07) is 11.1. The Bertz CT molecular complexity index is 923. The number of phenols is 1. The minimum Gasteiger partial charge on any atom is -0.504 e. The first-order chi connectivity index (χ1) is 15.3. The third-order valence-electron chi connectivity index (χ3n) is 6.32. The highest BCUT2D eigenvalue weighted by atomic mass is 16.5. The number of aliphatic hydroxyl groups excluding tert-OH is 2. The summed E-state index contributed by atoms with van der Waals surface area (Å²) in [5.41, 5.74) is 2.79. The number of nitrogens with zero attached hydrogens (tertiary/aromatic N) is 2. The van der Waals surface area contributed by atoms with Crippen LogP contribution in [0.4, 0.5) is 0 Å². The van der Waals surface area contributed by atoms with Gasteiger partial charge in [0.05, 0.1) is 20.3 Å². The Morgan fingerprint density at radius 3 is 2.34 bits per heavy atom. The van der Waals surface area contributed by atoms with E-state index in [0.29, 0.717) is 12.2 Å². The van der Waals surface area contributed by atoms with Crippen LogP contribution in [0, 0.1) is 12.5 Å². The van der Waals surface area contributed by atoms with Crippen molar-refractivity contribution < 1.29 is 20.1 Å². The van der Waals surface area contributed by atoms with Crippen molar-refractivity contribution >= 4 is 0 Å². The summed E-state index contributed by atoms with van der Waals surface area (Å²) in [7, 11) is 3.59. The quantitative estimate of drug-likeness (QED) is 0.433. The van der Waals surface area contributed by atoms with Gasteiger partial charge in [0.1, 0.15) is 0 Å². The first-order valence-electron chi connectivity index (χ1n) is 11.1. The molecule has 0 aromatic heterocycles. The zero-order valence-corrected chi connectivity index (χ0v) is 19.6. The molecule has 0 saturated carbocycles. The second kappa shape index (κ2) is 11.9. The van der Waals surface area contributed by atoms with Gasteiger partial charge in [0.2, 0.25) is 0 Å². The molecule has 3 N–H and O–H groups in total. The van der Waals surface area contributed by atoms with Crippen molar-refractivity contribution in [2.45, 2.75) is 51.9 Å². The Labute approximate surface area is 191 Å². The Balaban J connectivity index is 1.99. The Kier molecular flexibility index (Phi) is 9.52. The lowest BCUT2D eigenvalue weighted by Crippen LogP contribution is -2.31. The number of likely N-dealkylation sites (N-methyl/N-ethyl adjacent to an activating group) is 1. The van der Waals surface area contributed by atoms with Gasteiger partial charge >= 0.3 is 0 Å². The molecule has 2 aromatic rings. The Morgan fingerprint density at radius 1 is 1.06 bits per heavy atom. The van der Waals surface area contributed by atoms with Crippen LogP contribution in [0.3, 0.4) is 0 Å². The number of methoxy groups -OCH3 is 1. The molecule has 0 heterocycles. The first-order valence-corrected chi connectivity index (χ1v) is 11.1. The van der Waals surface area contributed by atoms with Crippen LogP contribution < -0.4 is 4.74 Å². The molecule has 0 aliphatic rings. The average molecular weight is 441 g/mol. The number of aromatic hydroxyl groups is 1. The third-order valence-corrected chi connectivity index (χ3v) is 6.32. The summed E-state index contributed by atoms with van der Waals surface area (Å²) in [4.78, 5) is 6.30. The van der Waals surface area contributed by atoms with Crippen molar-refractivity contribution in [2.75, 3.05) is 27.2 Å². The monoisotopic (exact) mass is 440 g/mol. The molecule has 1 unspecified atom stereocenters. The summed E-state index contributed by atoms with van der Waals surface area (Å²) < 4.78 is 5.15. The largest absolute Gasteiger partial charge is 0.504 e. The lowest BCUT2D eigenvalue weighted by Gasteiger charge is -2.28. The van der Waals surface area contributed by atoms with Gasteiger partial charge in [-0.2, -0.15) is 0 Å². The number of hydrogen-bond donors (Lipinski definition) is 3. The molecule has 0 aliphatic heterocycles. The van der Waals surface area contributed by atoms with Crippen molar-refractivity contribution in [3.05, 3.63) is 70.1 Å². The molecule has 2 aromatic carbocycles. The summed E-state index contributed by atoms with van der Waals surface area (Å²) in [6.07, 6.45) is 2.40. The van der Waals surface area contributed by atoms with Crippen molar-refractivity contribution in [1.29, 1.82) is 0 Å². The van der Waals surface area contributed by atoms with E-state index in [9.17, 15) is 15.3 Å². The van der Waals surface area contributed by atoms with Gasteiger partial charge in [0.15, 0.2) is 11.5 Å². The van der Waals surface area contributed by atoms with Gasteiger partial charge < -0.3 is 29.8 Å². The van der Waals surface area contributed by atoms with E-state index in [1.807, 2.05) is 24.3 Å². The van der Waals surface area contributed by atoms with Crippen LogP contribution in [0.2, 0.25) is 0 Å². The molecule has 0 radical (unpaired) electrons. The van der Waals surface area contributed by atoms with Crippen LogP contribution >= 0.6 is 0 Å². The highest BCUT2D eigenvalue weighted by molar-refractivity contribution is 5.45. The molecule has 174 valence electrons. The third kappa shape index (κ3) is 6.01. The summed E-state index contributed by atoms with van der Waals surface area (Å²) in [5, 5.41) is 29.1. The SMILES string of the molecule is [C-]#[N+]C(CCCN(C)CCc1ccc(CO)c(CO)c1)(c1ccc(OC)c(O)c1)C(C)C. The van der Waals surface area contributed by atoms with E-state index >= 15 is 0 Å². The molecule has 0 amide bonds. The molecular weight excluding hydrogens is 404 g/mol. The first kappa shape index (κ1) is 25.7. The Hall–Kier alpha value is -2.59. The predicted molar refractivity (Wildman–Crippen MR) is 126 cm³/mol. The number of benzene rings is 2. The molecule has 32 heavy (non-hydrogen) atoms. The maximum Gasteiger partial charge on any atom is 0.259 e. The lowest BCUT2D eigenvalue weighted by molar-refractivity contribution is 0.259.